The Morgan fingerprint density at radius 1 is 0.623 bits per heavy atom. The van der Waals surface area contributed by atoms with Crippen LogP contribution in [0.3, 0.4) is 0 Å². The Morgan fingerprint density at radius 2 is 1.06 bits per heavy atom. The number of likely N-dealkylation sites (tertiary alicyclic amines) is 2. The van der Waals surface area contributed by atoms with Gasteiger partial charge in [0.1, 0.15) is 24.2 Å². The van der Waals surface area contributed by atoms with Crippen LogP contribution < -0.4 is 21.3 Å². The predicted octanol–water partition coefficient (Wildman–Crippen LogP) is 9.02. The Kier molecular flexibility index (Phi) is 14.1. The molecule has 2 aliphatic carbocycles. The molecule has 4 atom stereocenters. The average molecular weight is 947 g/mol. The number of nitrogens with one attached hydrogen (secondary N) is 4. The maximum Gasteiger partial charge on any atom is 0.407 e. The van der Waals surface area contributed by atoms with Crippen LogP contribution in [0.15, 0.2) is 97.1 Å². The molecular weight excluding hydrogens is 887 g/mol. The summed E-state index contributed by atoms with van der Waals surface area (Å²) in [5.74, 6) is -5.76. The summed E-state index contributed by atoms with van der Waals surface area (Å²) in [6.45, 7) is 3.62. The summed E-state index contributed by atoms with van der Waals surface area (Å²) in [4.78, 5) is 84.4. The minimum absolute atomic E-state index is 0.162. The third-order valence-corrected chi connectivity index (χ3v) is 14.4. The number of ether oxygens (including phenoxy) is 2. The van der Waals surface area contributed by atoms with E-state index in [1.165, 1.54) is 7.11 Å². The van der Waals surface area contributed by atoms with Crippen molar-refractivity contribution in [3.05, 3.63) is 119 Å². The summed E-state index contributed by atoms with van der Waals surface area (Å²) in [5, 5.41) is 11.2. The molecular formula is C53H60F2N6O8. The summed E-state index contributed by atoms with van der Waals surface area (Å²) in [6.07, 6.45) is 4.74. The van der Waals surface area contributed by atoms with Crippen molar-refractivity contribution in [2.45, 2.75) is 114 Å². The van der Waals surface area contributed by atoms with Crippen molar-refractivity contribution in [1.82, 2.24) is 20.4 Å². The van der Waals surface area contributed by atoms with E-state index in [1.807, 2.05) is 36.4 Å². The first-order valence-electron chi connectivity index (χ1n) is 23.8. The van der Waals surface area contributed by atoms with Gasteiger partial charge in [0.05, 0.1) is 20.8 Å². The van der Waals surface area contributed by atoms with Crippen LogP contribution in [0.4, 0.5) is 29.7 Å². The normalized spacial score (nSPS) is 19.7. The van der Waals surface area contributed by atoms with Gasteiger partial charge in [0.2, 0.25) is 11.8 Å². The van der Waals surface area contributed by atoms with Crippen LogP contribution in [0.25, 0.3) is 11.1 Å². The van der Waals surface area contributed by atoms with Gasteiger partial charge in [-0.2, -0.15) is 0 Å². The van der Waals surface area contributed by atoms with Crippen molar-refractivity contribution in [2.75, 3.05) is 37.9 Å². The lowest BCUT2D eigenvalue weighted by Gasteiger charge is -2.33. The molecule has 0 bridgehead atoms. The van der Waals surface area contributed by atoms with Gasteiger partial charge in [-0.3, -0.25) is 19.2 Å². The van der Waals surface area contributed by atoms with E-state index in [0.717, 1.165) is 85.6 Å². The number of carbonyl (C=O) groups excluding carboxylic acids is 6. The largest absolute Gasteiger partial charge is 0.453 e. The molecule has 1 spiro atoms. The van der Waals surface area contributed by atoms with Crippen molar-refractivity contribution < 1.29 is 47.0 Å². The highest BCUT2D eigenvalue weighted by atomic mass is 19.3. The molecule has 2 heterocycles. The zero-order chi connectivity index (χ0) is 49.1. The SMILES string of the molecule is CCCCC1(CCCC)c2cc(NC(=O)[C@@H]3CC(F)(F)CN3C(=O)[C@H](NC(=O)OC)c3ccccc3)ccc2-c2ccc(NC(=O)[C@@H]3CC4(CC4)CN3C(=O)[C@H](NC(=O)OC)c3ccccc3)cc21. The van der Waals surface area contributed by atoms with Crippen LogP contribution in [0.5, 0.6) is 0 Å². The number of nitrogens with zero attached hydrogens (tertiary/aromatic N) is 2. The molecule has 0 aromatic heterocycles. The molecule has 0 radical (unpaired) electrons. The number of carbonyl (C=O) groups is 6. The highest BCUT2D eigenvalue weighted by molar-refractivity contribution is 6.01. The lowest BCUT2D eigenvalue weighted by Crippen LogP contribution is -2.49. The molecule has 2 aliphatic heterocycles. The number of hydrogen-bond acceptors (Lipinski definition) is 8. The first-order chi connectivity index (χ1) is 33.1. The van der Waals surface area contributed by atoms with Crippen LogP contribution in [0, 0.1) is 5.41 Å². The van der Waals surface area contributed by atoms with E-state index in [-0.39, 0.29) is 11.3 Å². The highest BCUT2D eigenvalue weighted by Crippen LogP contribution is 2.57. The molecule has 14 nitrogen and oxygen atoms in total. The van der Waals surface area contributed by atoms with Crippen molar-refractivity contribution >= 4 is 47.2 Å². The van der Waals surface area contributed by atoms with Crippen molar-refractivity contribution in [3.8, 4) is 11.1 Å². The number of alkyl halides is 2. The van der Waals surface area contributed by atoms with Gasteiger partial charge in [-0.25, -0.2) is 18.4 Å². The van der Waals surface area contributed by atoms with E-state index < -0.39 is 78.4 Å². The lowest BCUT2D eigenvalue weighted by atomic mass is 9.70. The van der Waals surface area contributed by atoms with Gasteiger partial charge in [0.15, 0.2) is 0 Å². The minimum atomic E-state index is -3.37. The standard InChI is InChI=1S/C53H60F2N6O8/c1-5-7-23-52(24-8-6-2)39-27-35(56-45(62)41-29-51(25-26-51)31-60(41)47(64)43(58-49(66)68-3)33-15-11-9-12-16-33)19-21-37(39)38-22-20-36(28-40(38)52)57-46(63)42-30-53(54,55)32-61(42)48(65)44(59-50(67)69-4)34-17-13-10-14-18-34/h9-22,27-28,41-44H,5-8,23-26,29-32H2,1-4H3,(H,56,62)(H,57,63)(H,58,66)(H,59,67)/t41-,42-,43+,44+/m0/s1. The second kappa shape index (κ2) is 20.0. The topological polar surface area (TPSA) is 175 Å². The second-order valence-electron chi connectivity index (χ2n) is 19.0. The molecule has 69 heavy (non-hydrogen) atoms. The summed E-state index contributed by atoms with van der Waals surface area (Å²) >= 11 is 0. The van der Waals surface area contributed by atoms with E-state index in [4.69, 9.17) is 9.47 Å². The molecule has 16 heteroatoms. The van der Waals surface area contributed by atoms with Crippen molar-refractivity contribution in [2.24, 2.45) is 5.41 Å². The van der Waals surface area contributed by atoms with Crippen LogP contribution >= 0.6 is 0 Å². The number of benzene rings is 4. The monoisotopic (exact) mass is 946 g/mol. The van der Waals surface area contributed by atoms with Gasteiger partial charge in [0.25, 0.3) is 17.7 Å². The van der Waals surface area contributed by atoms with Crippen molar-refractivity contribution in [1.29, 1.82) is 0 Å². The highest BCUT2D eigenvalue weighted by Gasteiger charge is 2.56. The van der Waals surface area contributed by atoms with E-state index in [9.17, 15) is 28.8 Å². The van der Waals surface area contributed by atoms with Crippen molar-refractivity contribution in [3.63, 3.8) is 0 Å². The molecule has 4 aromatic rings. The number of fused-ring (bicyclic) bond motifs is 3. The maximum atomic E-state index is 15.3. The van der Waals surface area contributed by atoms with Crippen LogP contribution in [-0.2, 0) is 34.1 Å². The Morgan fingerprint density at radius 3 is 1.48 bits per heavy atom. The van der Waals surface area contributed by atoms with E-state index in [1.54, 1.807) is 65.6 Å². The van der Waals surface area contributed by atoms with Crippen LogP contribution in [-0.4, -0.2) is 90.9 Å². The molecule has 4 N–H and O–H groups in total. The van der Waals surface area contributed by atoms with Crippen LogP contribution in [0.1, 0.15) is 112 Å². The number of unbranched alkanes of at least 4 members (excludes halogenated alkanes) is 2. The Hall–Kier alpha value is -6.84. The summed E-state index contributed by atoms with van der Waals surface area (Å²) in [7, 11) is 2.36. The number of methoxy groups -OCH3 is 2. The summed E-state index contributed by atoms with van der Waals surface area (Å²) in [6, 6.07) is 23.7. The average Bonchev–Trinajstić information content (AvgIpc) is 3.76. The van der Waals surface area contributed by atoms with E-state index in [0.29, 0.717) is 35.5 Å². The first kappa shape index (κ1) is 48.6. The Labute approximate surface area is 400 Å². The zero-order valence-corrected chi connectivity index (χ0v) is 39.4. The molecule has 0 unspecified atom stereocenters. The minimum Gasteiger partial charge on any atom is -0.453 e. The molecule has 4 aliphatic rings. The van der Waals surface area contributed by atoms with Gasteiger partial charge in [0, 0.05) is 29.8 Å². The van der Waals surface area contributed by atoms with Gasteiger partial charge in [-0.05, 0) is 95.2 Å². The molecule has 8 rings (SSSR count). The molecule has 6 amide bonds. The zero-order valence-electron chi connectivity index (χ0n) is 39.4. The van der Waals surface area contributed by atoms with Crippen LogP contribution in [0.2, 0.25) is 0 Å². The first-order valence-corrected chi connectivity index (χ1v) is 23.8. The van der Waals surface area contributed by atoms with Gasteiger partial charge in [-0.15, -0.1) is 0 Å². The fourth-order valence-corrected chi connectivity index (χ4v) is 10.6. The molecule has 364 valence electrons. The molecule has 3 fully saturated rings. The van der Waals surface area contributed by atoms with E-state index in [2.05, 4.69) is 35.1 Å². The Bertz CT molecular complexity index is 2430. The summed E-state index contributed by atoms with van der Waals surface area (Å²) in [5.41, 5.74) is 5.04. The fourth-order valence-electron chi connectivity index (χ4n) is 10.6. The second-order valence-corrected chi connectivity index (χ2v) is 19.0. The van der Waals surface area contributed by atoms with Gasteiger partial charge < -0.3 is 40.5 Å². The maximum absolute atomic E-state index is 15.3. The number of anilines is 2. The molecule has 1 saturated carbocycles. The number of rotatable bonds is 16. The third kappa shape index (κ3) is 10.0. The third-order valence-electron chi connectivity index (χ3n) is 14.4. The number of alkyl carbamates (subject to hydrolysis) is 2. The summed E-state index contributed by atoms with van der Waals surface area (Å²) < 4.78 is 40.1. The Balaban J connectivity index is 1.07. The van der Waals surface area contributed by atoms with Gasteiger partial charge >= 0.3 is 12.2 Å². The molecule has 4 aromatic carbocycles. The smallest absolute Gasteiger partial charge is 0.407 e. The number of hydrogen-bond donors (Lipinski definition) is 4. The van der Waals surface area contributed by atoms with E-state index >= 15 is 8.78 Å². The molecule has 2 saturated heterocycles. The quantitative estimate of drug-likeness (QED) is 0.0861. The lowest BCUT2D eigenvalue weighted by molar-refractivity contribution is -0.139. The number of amides is 6. The predicted molar refractivity (Wildman–Crippen MR) is 255 cm³/mol. The fraction of sp³-hybridized carbons (Fsp3) is 0.434. The number of halogens is 2. The van der Waals surface area contributed by atoms with Gasteiger partial charge in [-0.1, -0.05) is 112 Å².